The highest BCUT2D eigenvalue weighted by Crippen LogP contribution is 2.35. The molecule has 7 nitrogen and oxygen atoms in total. The molecule has 0 bridgehead atoms. The molecule has 0 saturated heterocycles. The Kier molecular flexibility index (Phi) is 8.67. The maximum Gasteiger partial charge on any atom is 0.338 e. The predicted molar refractivity (Wildman–Crippen MR) is 181 cm³/mol. The number of fused-ring (bicyclic) bond motifs is 2. The van der Waals surface area contributed by atoms with Gasteiger partial charge >= 0.3 is 5.97 Å². The molecule has 1 aliphatic heterocycles. The Labute approximate surface area is 271 Å². The van der Waals surface area contributed by atoms with Crippen LogP contribution < -0.4 is 24.4 Å². The first-order valence-electron chi connectivity index (χ1n) is 14.1. The Hall–Kier alpha value is -4.22. The van der Waals surface area contributed by atoms with Gasteiger partial charge in [0.2, 0.25) is 0 Å². The van der Waals surface area contributed by atoms with Gasteiger partial charge in [0, 0.05) is 0 Å². The number of allylic oxidation sites excluding steroid dienone is 1. The van der Waals surface area contributed by atoms with E-state index in [1.807, 2.05) is 66.7 Å². The van der Waals surface area contributed by atoms with Gasteiger partial charge in [0.1, 0.15) is 6.61 Å². The van der Waals surface area contributed by atoms with Gasteiger partial charge in [-0.1, -0.05) is 84.1 Å². The van der Waals surface area contributed by atoms with Gasteiger partial charge in [-0.25, -0.2) is 9.79 Å². The lowest BCUT2D eigenvalue weighted by atomic mass is 9.96. The molecule has 2 heterocycles. The van der Waals surface area contributed by atoms with Crippen molar-refractivity contribution in [2.75, 3.05) is 13.7 Å². The number of rotatable bonds is 8. The third-order valence-electron chi connectivity index (χ3n) is 7.43. The molecule has 0 radical (unpaired) electrons. The lowest BCUT2D eigenvalue weighted by molar-refractivity contribution is -0.139. The molecule has 44 heavy (non-hydrogen) atoms. The molecule has 1 aromatic heterocycles. The lowest BCUT2D eigenvalue weighted by Crippen LogP contribution is -2.39. The van der Waals surface area contributed by atoms with E-state index in [1.54, 1.807) is 25.5 Å². The molecule has 1 unspecified atom stereocenters. The number of methoxy groups -OCH3 is 1. The minimum Gasteiger partial charge on any atom is -0.493 e. The lowest BCUT2D eigenvalue weighted by Gasteiger charge is -2.24. The minimum atomic E-state index is -0.645. The fraction of sp³-hybridized carbons (Fsp3) is 0.171. The second-order valence-corrected chi connectivity index (χ2v) is 12.3. The molecule has 0 spiro atoms. The van der Waals surface area contributed by atoms with Gasteiger partial charge in [-0.15, -0.1) is 0 Å². The molecular weight excluding hydrogens is 687 g/mol. The van der Waals surface area contributed by atoms with Crippen molar-refractivity contribution >= 4 is 56.7 Å². The topological polar surface area (TPSA) is 79.1 Å². The first-order valence-corrected chi connectivity index (χ1v) is 16.0. The van der Waals surface area contributed by atoms with Gasteiger partial charge in [-0.05, 0) is 82.1 Å². The first-order chi connectivity index (χ1) is 21.4. The molecule has 0 aliphatic carbocycles. The van der Waals surface area contributed by atoms with Gasteiger partial charge in [-0.2, -0.15) is 0 Å². The summed E-state index contributed by atoms with van der Waals surface area (Å²) in [4.78, 5) is 32.2. The average molecular weight is 717 g/mol. The third kappa shape index (κ3) is 5.69. The summed E-state index contributed by atoms with van der Waals surface area (Å²) in [6.45, 7) is 4.15. The van der Waals surface area contributed by atoms with Gasteiger partial charge in [0.25, 0.3) is 5.56 Å². The molecule has 1 aliphatic rings. The summed E-state index contributed by atoms with van der Waals surface area (Å²) in [5, 5.41) is 2.30. The molecule has 1 atom stereocenters. The molecule has 4 aromatic carbocycles. The summed E-state index contributed by atoms with van der Waals surface area (Å²) in [5.74, 6) is 0.729. The maximum absolute atomic E-state index is 14.0. The zero-order chi connectivity index (χ0) is 30.8. The van der Waals surface area contributed by atoms with Crippen molar-refractivity contribution in [2.24, 2.45) is 4.99 Å². The van der Waals surface area contributed by atoms with E-state index in [0.29, 0.717) is 38.7 Å². The molecule has 6 rings (SSSR count). The Morgan fingerprint density at radius 2 is 1.80 bits per heavy atom. The second-order valence-electron chi connectivity index (χ2n) is 10.2. The highest BCUT2D eigenvalue weighted by atomic mass is 127. The average Bonchev–Trinajstić information content (AvgIpc) is 3.33. The molecule has 9 heteroatoms. The molecule has 0 saturated carbocycles. The van der Waals surface area contributed by atoms with Crippen molar-refractivity contribution in [3.8, 4) is 11.5 Å². The van der Waals surface area contributed by atoms with Gasteiger partial charge in [-0.3, -0.25) is 9.36 Å². The zero-order valence-electron chi connectivity index (χ0n) is 24.4. The number of aromatic nitrogens is 1. The van der Waals surface area contributed by atoms with Crippen LogP contribution in [0.4, 0.5) is 0 Å². The van der Waals surface area contributed by atoms with E-state index in [1.165, 1.54) is 11.3 Å². The maximum atomic E-state index is 14.0. The summed E-state index contributed by atoms with van der Waals surface area (Å²) in [7, 11) is 1.60. The zero-order valence-corrected chi connectivity index (χ0v) is 27.3. The summed E-state index contributed by atoms with van der Waals surface area (Å²) in [6.07, 6.45) is 1.83. The SMILES string of the molecule is CCOC(=O)C1=C(C)N=c2s/c(=C\c3cc(I)c(OCc4cccc5ccccc45)c(OC)c3)c(=O)n2C1c1ccccc1. The van der Waals surface area contributed by atoms with Crippen molar-refractivity contribution in [1.29, 1.82) is 0 Å². The smallest absolute Gasteiger partial charge is 0.338 e. The van der Waals surface area contributed by atoms with Crippen LogP contribution in [-0.2, 0) is 16.1 Å². The van der Waals surface area contributed by atoms with Crippen LogP contribution in [0.2, 0.25) is 0 Å². The number of ether oxygens (including phenoxy) is 3. The highest BCUT2D eigenvalue weighted by Gasteiger charge is 2.33. The van der Waals surface area contributed by atoms with Gasteiger partial charge < -0.3 is 14.2 Å². The summed E-state index contributed by atoms with van der Waals surface area (Å²) in [5.41, 5.74) is 3.33. The third-order valence-corrected chi connectivity index (χ3v) is 9.22. The number of carbonyl (C=O) groups excluding carboxylic acids is 1. The van der Waals surface area contributed by atoms with E-state index >= 15 is 0 Å². The quantitative estimate of drug-likeness (QED) is 0.143. The Morgan fingerprint density at radius 3 is 2.57 bits per heavy atom. The van der Waals surface area contributed by atoms with Gasteiger partial charge in [0.15, 0.2) is 16.3 Å². The number of halogens is 1. The molecule has 0 fully saturated rings. The number of hydrogen-bond donors (Lipinski definition) is 0. The first kappa shape index (κ1) is 29.8. The number of carbonyl (C=O) groups is 1. The van der Waals surface area contributed by atoms with Crippen molar-refractivity contribution < 1.29 is 19.0 Å². The van der Waals surface area contributed by atoms with E-state index in [2.05, 4.69) is 51.8 Å². The van der Waals surface area contributed by atoms with Crippen LogP contribution in [0.15, 0.2) is 106 Å². The molecule has 0 amide bonds. The molecule has 0 N–H and O–H groups in total. The number of esters is 1. The molecule has 5 aromatic rings. The molecular formula is C35H29IN2O5S. The summed E-state index contributed by atoms with van der Waals surface area (Å²) < 4.78 is 20.4. The Morgan fingerprint density at radius 1 is 1.05 bits per heavy atom. The fourth-order valence-corrected chi connectivity index (χ4v) is 7.25. The van der Waals surface area contributed by atoms with E-state index in [-0.39, 0.29) is 12.2 Å². The fourth-order valence-electron chi connectivity index (χ4n) is 5.43. The minimum absolute atomic E-state index is 0.226. The molecule has 222 valence electrons. The predicted octanol–water partition coefficient (Wildman–Crippen LogP) is 6.14. The van der Waals surface area contributed by atoms with E-state index in [4.69, 9.17) is 14.2 Å². The number of benzene rings is 4. The van der Waals surface area contributed by atoms with Crippen LogP contribution in [0.25, 0.3) is 16.8 Å². The highest BCUT2D eigenvalue weighted by molar-refractivity contribution is 14.1. The van der Waals surface area contributed by atoms with Crippen LogP contribution in [0.5, 0.6) is 11.5 Å². The number of nitrogens with zero attached hydrogens (tertiary/aromatic N) is 2. The largest absolute Gasteiger partial charge is 0.493 e. The van der Waals surface area contributed by atoms with Crippen LogP contribution in [0.1, 0.15) is 36.6 Å². The Balaban J connectivity index is 1.39. The van der Waals surface area contributed by atoms with Crippen molar-refractivity contribution in [3.63, 3.8) is 0 Å². The van der Waals surface area contributed by atoms with Crippen molar-refractivity contribution in [1.82, 2.24) is 4.57 Å². The summed E-state index contributed by atoms with van der Waals surface area (Å²) in [6, 6.07) is 27.1. The van der Waals surface area contributed by atoms with Crippen LogP contribution in [-0.4, -0.2) is 24.3 Å². The number of thiazole rings is 1. The van der Waals surface area contributed by atoms with Crippen LogP contribution in [0.3, 0.4) is 0 Å². The van der Waals surface area contributed by atoms with Crippen molar-refractivity contribution in [3.05, 3.63) is 136 Å². The van der Waals surface area contributed by atoms with Crippen molar-refractivity contribution in [2.45, 2.75) is 26.5 Å². The second kappa shape index (κ2) is 12.8. The van der Waals surface area contributed by atoms with E-state index in [9.17, 15) is 9.59 Å². The summed E-state index contributed by atoms with van der Waals surface area (Å²) >= 11 is 3.52. The monoisotopic (exact) mass is 716 g/mol. The van der Waals surface area contributed by atoms with E-state index in [0.717, 1.165) is 31.0 Å². The Bertz CT molecular complexity index is 2090. The van der Waals surface area contributed by atoms with E-state index < -0.39 is 12.0 Å². The van der Waals surface area contributed by atoms with Gasteiger partial charge in [0.05, 0.1) is 39.1 Å². The number of hydrogen-bond acceptors (Lipinski definition) is 7. The normalized spacial score (nSPS) is 14.7. The van der Waals surface area contributed by atoms with Crippen LogP contribution in [0, 0.1) is 3.57 Å². The van der Waals surface area contributed by atoms with Crippen LogP contribution >= 0.6 is 33.9 Å². The standard InChI is InChI=1S/C35H29IN2O5S/c1-4-42-34(40)30-21(2)37-35-38(31(30)24-12-6-5-7-13-24)33(39)29(44-35)19-22-17-27(36)32(28(18-22)41-3)43-20-25-15-10-14-23-11-8-9-16-26(23)25/h5-19,31H,4,20H2,1-3H3/b29-19-.